The molecule has 1 N–H and O–H groups in total. The minimum atomic E-state index is 0.676. The molecule has 8 aromatic heterocycles. The van der Waals surface area contributed by atoms with Crippen molar-refractivity contribution in [2.24, 2.45) is 7.05 Å². The molecule has 0 aromatic carbocycles. The molecular formula is C53H95N17. The molecule has 0 bridgehead atoms. The molecule has 0 saturated heterocycles. The first-order chi connectivity index (χ1) is 34.2. The maximum absolute atomic E-state index is 3.98. The zero-order chi connectivity index (χ0) is 55.5. The Hall–Kier alpha value is -7.17. The SMILES string of the molecule is CC.CC.CC.CC.CC.CC.CC.CC.Cc1ccccn1.Cc1cccnc1.Cc1ccncc1.Cc1ccncn1.Cc1cncnc1.Cc1ncccn1.Cc1nn[nH]n1.Cn1ncnn1. The maximum Gasteiger partial charge on any atom is 0.171 e. The minimum absolute atomic E-state index is 0.676. The zero-order valence-corrected chi connectivity index (χ0v) is 47.9. The summed E-state index contributed by atoms with van der Waals surface area (Å²) >= 11 is 0. The summed E-state index contributed by atoms with van der Waals surface area (Å²) in [6.45, 7) is 45.6. The number of aryl methyl sites for hydroxylation is 8. The van der Waals surface area contributed by atoms with Gasteiger partial charge in [-0.3, -0.25) is 15.0 Å². The van der Waals surface area contributed by atoms with Crippen molar-refractivity contribution in [2.75, 3.05) is 0 Å². The molecule has 0 amide bonds. The van der Waals surface area contributed by atoms with Gasteiger partial charge in [-0.15, -0.1) is 20.4 Å². The van der Waals surface area contributed by atoms with Crippen molar-refractivity contribution in [1.29, 1.82) is 0 Å². The van der Waals surface area contributed by atoms with Gasteiger partial charge in [-0.25, -0.2) is 29.9 Å². The fraction of sp³-hybridized carbons (Fsp3) is 0.453. The van der Waals surface area contributed by atoms with Gasteiger partial charge in [0, 0.05) is 73.4 Å². The summed E-state index contributed by atoms with van der Waals surface area (Å²) in [5.41, 5.74) is 5.65. The van der Waals surface area contributed by atoms with E-state index in [0.717, 1.165) is 22.8 Å². The molecule has 0 aliphatic heterocycles. The molecule has 8 aromatic rings. The first-order valence-electron chi connectivity index (χ1n) is 24.3. The smallest absolute Gasteiger partial charge is 0.171 e. The van der Waals surface area contributed by atoms with Crippen LogP contribution in [0.1, 0.15) is 151 Å². The van der Waals surface area contributed by atoms with E-state index in [1.807, 2.05) is 207 Å². The molecule has 0 atom stereocenters. The van der Waals surface area contributed by atoms with E-state index in [9.17, 15) is 0 Å². The lowest BCUT2D eigenvalue weighted by molar-refractivity contribution is 0.630. The lowest BCUT2D eigenvalue weighted by Crippen LogP contribution is -1.90. The molecule has 392 valence electrons. The average molecular weight is 970 g/mol. The molecule has 0 aliphatic carbocycles. The fourth-order valence-electron chi connectivity index (χ4n) is 2.86. The van der Waals surface area contributed by atoms with Gasteiger partial charge < -0.3 is 0 Å². The van der Waals surface area contributed by atoms with E-state index in [-0.39, 0.29) is 0 Å². The summed E-state index contributed by atoms with van der Waals surface area (Å²) in [7, 11) is 1.72. The third kappa shape index (κ3) is 72.4. The number of nitrogens with zero attached hydrogens (tertiary/aromatic N) is 16. The molecule has 0 spiro atoms. The highest BCUT2D eigenvalue weighted by Gasteiger charge is 1.79. The average Bonchev–Trinajstić information content (AvgIpc) is 4.14. The largest absolute Gasteiger partial charge is 0.265 e. The maximum atomic E-state index is 3.98. The number of aromatic amines is 1. The van der Waals surface area contributed by atoms with Gasteiger partial charge in [0.1, 0.15) is 18.5 Å². The summed E-state index contributed by atoms with van der Waals surface area (Å²) in [6.07, 6.45) is 22.1. The van der Waals surface area contributed by atoms with E-state index in [1.165, 1.54) is 34.9 Å². The van der Waals surface area contributed by atoms with Crippen molar-refractivity contribution in [3.8, 4) is 0 Å². The molecule has 0 radical (unpaired) electrons. The second kappa shape index (κ2) is 76.1. The van der Waals surface area contributed by atoms with Gasteiger partial charge in [0.25, 0.3) is 0 Å². The zero-order valence-electron chi connectivity index (χ0n) is 47.9. The Morgan fingerprint density at radius 1 is 0.386 bits per heavy atom. The van der Waals surface area contributed by atoms with E-state index < -0.39 is 0 Å². The fourth-order valence-corrected chi connectivity index (χ4v) is 2.86. The second-order valence-electron chi connectivity index (χ2n) is 10.5. The Labute approximate surface area is 425 Å². The molecular weight excluding hydrogens is 875 g/mol. The van der Waals surface area contributed by atoms with Crippen LogP contribution in [0.25, 0.3) is 0 Å². The van der Waals surface area contributed by atoms with Gasteiger partial charge in [0.2, 0.25) is 0 Å². The number of aromatic nitrogens is 17. The highest BCUT2D eigenvalue weighted by molar-refractivity contribution is 5.06. The Balaban J connectivity index is -0.000000100. The summed E-state index contributed by atoms with van der Waals surface area (Å²) in [5.74, 6) is 1.50. The molecule has 8 heterocycles. The van der Waals surface area contributed by atoms with Crippen molar-refractivity contribution in [1.82, 2.24) is 85.7 Å². The van der Waals surface area contributed by atoms with Crippen LogP contribution in [0.5, 0.6) is 0 Å². The summed E-state index contributed by atoms with van der Waals surface area (Å²) in [6, 6.07) is 17.4. The first kappa shape index (κ1) is 79.9. The van der Waals surface area contributed by atoms with Gasteiger partial charge >= 0.3 is 0 Å². The summed E-state index contributed by atoms with van der Waals surface area (Å²) < 4.78 is 0. The molecule has 0 unspecified atom stereocenters. The number of hydrogen-bond acceptors (Lipinski definition) is 15. The van der Waals surface area contributed by atoms with Crippen molar-refractivity contribution in [2.45, 2.75) is 159 Å². The van der Waals surface area contributed by atoms with Crippen LogP contribution in [0.4, 0.5) is 0 Å². The molecule has 0 saturated carbocycles. The van der Waals surface area contributed by atoms with Crippen LogP contribution in [-0.4, -0.2) is 85.7 Å². The van der Waals surface area contributed by atoms with Crippen LogP contribution >= 0.6 is 0 Å². The van der Waals surface area contributed by atoms with E-state index in [1.54, 1.807) is 75.8 Å². The molecule has 17 nitrogen and oxygen atoms in total. The third-order valence-corrected chi connectivity index (χ3v) is 5.49. The van der Waals surface area contributed by atoms with E-state index in [4.69, 9.17) is 0 Å². The first-order valence-corrected chi connectivity index (χ1v) is 24.3. The van der Waals surface area contributed by atoms with Gasteiger partial charge in [-0.05, 0) is 113 Å². The monoisotopic (exact) mass is 970 g/mol. The summed E-state index contributed by atoms with van der Waals surface area (Å²) in [4.78, 5) is 36.0. The number of H-pyrrole nitrogens is 1. The lowest BCUT2D eigenvalue weighted by Gasteiger charge is -1.82. The van der Waals surface area contributed by atoms with Crippen molar-refractivity contribution in [3.05, 3.63) is 175 Å². The summed E-state index contributed by atoms with van der Waals surface area (Å²) in [5, 5.41) is 23.2. The van der Waals surface area contributed by atoms with Crippen LogP contribution < -0.4 is 0 Å². The molecule has 70 heavy (non-hydrogen) atoms. The van der Waals surface area contributed by atoms with Crippen LogP contribution in [0.15, 0.2) is 136 Å². The third-order valence-electron chi connectivity index (χ3n) is 5.49. The van der Waals surface area contributed by atoms with Crippen LogP contribution in [-0.2, 0) is 7.05 Å². The minimum Gasteiger partial charge on any atom is -0.265 e. The molecule has 0 fully saturated rings. The Morgan fingerprint density at radius 3 is 1.10 bits per heavy atom. The molecule has 0 aliphatic rings. The van der Waals surface area contributed by atoms with Crippen LogP contribution in [0.3, 0.4) is 0 Å². The van der Waals surface area contributed by atoms with E-state index in [0.29, 0.717) is 5.82 Å². The van der Waals surface area contributed by atoms with E-state index in [2.05, 4.69) is 80.9 Å². The van der Waals surface area contributed by atoms with Crippen molar-refractivity contribution < 1.29 is 0 Å². The quantitative estimate of drug-likeness (QED) is 0.150. The standard InChI is InChI=1S/3C6H7N.3C5H6N2.2C2H4N4.8C2H6/c1-6-2-4-7-5-3-6;1-6-3-2-4-7-5-6;1-6-4-2-3-5-7-6;1-5-2-6-4-7-3-5;1-5-2-3-6-4-7-5;1-5-6-3-2-4-7-5;1-6-4-2-3-5-6;1-2-3-5-6-4-2;8*1-2/h3*2-5H,1H3;3*2-4H,1H3;2H,1H3;1H3,(H,3,4,5,6);8*1-2H3. The highest BCUT2D eigenvalue weighted by atomic mass is 15.6. The number of pyridine rings is 3. The molecule has 17 heteroatoms. The highest BCUT2D eigenvalue weighted by Crippen LogP contribution is 1.90. The van der Waals surface area contributed by atoms with Crippen molar-refractivity contribution >= 4 is 0 Å². The van der Waals surface area contributed by atoms with Gasteiger partial charge in [0.05, 0.1) is 7.05 Å². The number of nitrogens with one attached hydrogen (secondary N) is 1. The van der Waals surface area contributed by atoms with Crippen LogP contribution in [0, 0.1) is 48.5 Å². The number of hydrogen-bond donors (Lipinski definition) is 1. The number of tetrazole rings is 2. The normalized spacial score (nSPS) is 7.43. The number of rotatable bonds is 0. The second-order valence-corrected chi connectivity index (χ2v) is 10.5. The lowest BCUT2D eigenvalue weighted by atomic mass is 10.3. The predicted molar refractivity (Wildman–Crippen MR) is 296 cm³/mol. The van der Waals surface area contributed by atoms with Gasteiger partial charge in [-0.2, -0.15) is 10.0 Å². The Bertz CT molecular complexity index is 1590. The van der Waals surface area contributed by atoms with Crippen LogP contribution in [0.2, 0.25) is 0 Å². The van der Waals surface area contributed by atoms with Gasteiger partial charge in [-0.1, -0.05) is 128 Å². The predicted octanol–water partition coefficient (Wildman–Crippen LogP) is 13.5. The Kier molecular flexibility index (Phi) is 86.9. The van der Waals surface area contributed by atoms with E-state index >= 15 is 0 Å². The van der Waals surface area contributed by atoms with Gasteiger partial charge in [0.15, 0.2) is 12.2 Å². The topological polar surface area (TPSA) is 214 Å². The van der Waals surface area contributed by atoms with Crippen molar-refractivity contribution in [3.63, 3.8) is 0 Å². The Morgan fingerprint density at radius 2 is 0.900 bits per heavy atom. The molecule has 8 rings (SSSR count).